The first-order valence-corrected chi connectivity index (χ1v) is 11.6. The molecule has 3 aromatic rings. The molecule has 1 aliphatic carbocycles. The largest absolute Gasteiger partial charge is 0.481 e. The molecule has 2 heterocycles. The molecule has 0 aliphatic heterocycles. The van der Waals surface area contributed by atoms with Crippen molar-refractivity contribution < 1.29 is 37.1 Å². The molecular weight excluding hydrogens is 510 g/mol. The highest BCUT2D eigenvalue weighted by Crippen LogP contribution is 2.35. The third-order valence-corrected chi connectivity index (χ3v) is 6.45. The zero-order valence-electron chi connectivity index (χ0n) is 20.1. The van der Waals surface area contributed by atoms with Crippen molar-refractivity contribution in [2.24, 2.45) is 5.41 Å². The topological polar surface area (TPSA) is 126 Å². The Balaban J connectivity index is 1.47. The molecule has 4 rings (SSSR count). The van der Waals surface area contributed by atoms with E-state index < -0.39 is 40.8 Å². The molecule has 0 radical (unpaired) electrons. The number of carbonyl (C=O) groups is 3. The van der Waals surface area contributed by atoms with Gasteiger partial charge in [0.25, 0.3) is 11.8 Å². The summed E-state index contributed by atoms with van der Waals surface area (Å²) < 4.78 is 53.7. The van der Waals surface area contributed by atoms with Gasteiger partial charge in [-0.1, -0.05) is 17.7 Å². The van der Waals surface area contributed by atoms with Crippen molar-refractivity contribution in [2.75, 3.05) is 6.54 Å². The number of carbonyl (C=O) groups excluding carboxylic acids is 2. The quantitative estimate of drug-likeness (QED) is 0.314. The number of nitrogens with one attached hydrogen (secondary N) is 2. The summed E-state index contributed by atoms with van der Waals surface area (Å²) in [5.74, 6) is -3.61. The van der Waals surface area contributed by atoms with Gasteiger partial charge in [-0.05, 0) is 43.9 Å². The van der Waals surface area contributed by atoms with Gasteiger partial charge in [0.05, 0.1) is 17.2 Å². The van der Waals surface area contributed by atoms with Crippen molar-refractivity contribution in [1.82, 2.24) is 25.2 Å². The summed E-state index contributed by atoms with van der Waals surface area (Å²) in [7, 11) is 0. The maximum atomic E-state index is 13.5. The number of alkyl halides is 3. The molecule has 1 unspecified atom stereocenters. The summed E-state index contributed by atoms with van der Waals surface area (Å²) in [6, 6.07) is 5.08. The standard InChI is InChI=1S/C25H23F4N5O4/c1-24(23(37)38)7-4-14(5-8-24)12-31-22(36)19-11-18(33-20-6-9-32-34(19)20)21(35)30-13-15-2-3-17(26)16(10-15)25(27,28)29/h2-4,6,9-11H,5,7-8,12-13H2,1H3,(H,30,35)(H,31,36)(H,37,38). The monoisotopic (exact) mass is 533 g/mol. The summed E-state index contributed by atoms with van der Waals surface area (Å²) in [6.45, 7) is 1.51. The van der Waals surface area contributed by atoms with E-state index in [4.69, 9.17) is 0 Å². The van der Waals surface area contributed by atoms with E-state index in [2.05, 4.69) is 20.7 Å². The number of rotatable bonds is 7. The zero-order valence-corrected chi connectivity index (χ0v) is 20.1. The Morgan fingerprint density at radius 2 is 1.84 bits per heavy atom. The van der Waals surface area contributed by atoms with Crippen LogP contribution in [0.15, 0.2) is 48.2 Å². The summed E-state index contributed by atoms with van der Waals surface area (Å²) in [5, 5.41) is 18.6. The van der Waals surface area contributed by atoms with Crippen LogP contribution in [0.2, 0.25) is 0 Å². The Kier molecular flexibility index (Phi) is 7.20. The van der Waals surface area contributed by atoms with Crippen LogP contribution >= 0.6 is 0 Å². The predicted octanol–water partition coefficient (Wildman–Crippen LogP) is 3.75. The van der Waals surface area contributed by atoms with E-state index in [9.17, 15) is 37.1 Å². The van der Waals surface area contributed by atoms with Crippen molar-refractivity contribution in [2.45, 2.75) is 38.9 Å². The van der Waals surface area contributed by atoms with E-state index in [-0.39, 0.29) is 35.7 Å². The van der Waals surface area contributed by atoms with Gasteiger partial charge in [-0.3, -0.25) is 14.4 Å². The first-order chi connectivity index (χ1) is 17.9. The van der Waals surface area contributed by atoms with E-state index in [0.29, 0.717) is 31.4 Å². The molecule has 0 saturated heterocycles. The number of fused-ring (bicyclic) bond motifs is 1. The summed E-state index contributed by atoms with van der Waals surface area (Å²) in [5.41, 5.74) is -1.37. The molecule has 0 fully saturated rings. The van der Waals surface area contributed by atoms with Gasteiger partial charge in [0.15, 0.2) is 5.65 Å². The van der Waals surface area contributed by atoms with E-state index >= 15 is 0 Å². The fraction of sp³-hybridized carbons (Fsp3) is 0.320. The second-order valence-electron chi connectivity index (χ2n) is 9.24. The summed E-state index contributed by atoms with van der Waals surface area (Å²) in [6.07, 6.45) is -0.421. The van der Waals surface area contributed by atoms with E-state index in [0.717, 1.165) is 11.6 Å². The minimum Gasteiger partial charge on any atom is -0.481 e. The number of aliphatic carboxylic acids is 1. The van der Waals surface area contributed by atoms with Gasteiger partial charge < -0.3 is 15.7 Å². The molecule has 0 bridgehead atoms. The molecule has 0 spiro atoms. The second-order valence-corrected chi connectivity index (χ2v) is 9.24. The normalized spacial score (nSPS) is 17.7. The third kappa shape index (κ3) is 5.66. The lowest BCUT2D eigenvalue weighted by Gasteiger charge is -2.28. The molecule has 2 aromatic heterocycles. The number of amides is 2. The van der Waals surface area contributed by atoms with Crippen LogP contribution in [-0.2, 0) is 17.5 Å². The van der Waals surface area contributed by atoms with Crippen molar-refractivity contribution in [1.29, 1.82) is 0 Å². The highest BCUT2D eigenvalue weighted by molar-refractivity contribution is 5.98. The van der Waals surface area contributed by atoms with Crippen LogP contribution in [0, 0.1) is 11.2 Å². The van der Waals surface area contributed by atoms with Crippen LogP contribution in [0.4, 0.5) is 17.6 Å². The lowest BCUT2D eigenvalue weighted by atomic mass is 9.76. The van der Waals surface area contributed by atoms with Gasteiger partial charge in [0, 0.05) is 25.2 Å². The van der Waals surface area contributed by atoms with Crippen molar-refractivity contribution in [3.8, 4) is 0 Å². The lowest BCUT2D eigenvalue weighted by Crippen LogP contribution is -2.33. The molecule has 200 valence electrons. The molecular formula is C25H23F4N5O4. The molecule has 13 heteroatoms. The number of hydrogen-bond acceptors (Lipinski definition) is 5. The lowest BCUT2D eigenvalue weighted by molar-refractivity contribution is -0.148. The minimum atomic E-state index is -4.88. The number of carboxylic acid groups (broad SMARTS) is 1. The molecule has 1 aliphatic rings. The van der Waals surface area contributed by atoms with Crippen LogP contribution in [-0.4, -0.2) is 44.0 Å². The van der Waals surface area contributed by atoms with Gasteiger partial charge >= 0.3 is 12.1 Å². The van der Waals surface area contributed by atoms with E-state index in [1.807, 2.05) is 0 Å². The minimum absolute atomic E-state index is 0.00178. The maximum absolute atomic E-state index is 13.5. The summed E-state index contributed by atoms with van der Waals surface area (Å²) >= 11 is 0. The first-order valence-electron chi connectivity index (χ1n) is 11.6. The average Bonchev–Trinajstić information content (AvgIpc) is 3.35. The van der Waals surface area contributed by atoms with Crippen LogP contribution < -0.4 is 10.6 Å². The van der Waals surface area contributed by atoms with E-state index in [1.165, 1.54) is 22.8 Å². The predicted molar refractivity (Wildman–Crippen MR) is 126 cm³/mol. The fourth-order valence-corrected chi connectivity index (χ4v) is 4.01. The summed E-state index contributed by atoms with van der Waals surface area (Å²) in [4.78, 5) is 41.3. The first kappa shape index (κ1) is 26.8. The number of hydrogen-bond donors (Lipinski definition) is 3. The van der Waals surface area contributed by atoms with Crippen LogP contribution in [0.5, 0.6) is 0 Å². The Hall–Kier alpha value is -4.29. The Labute approximate surface area is 213 Å². The SMILES string of the molecule is CC1(C(=O)O)CC=C(CNC(=O)c2cc(C(=O)NCc3ccc(F)c(C(F)(F)F)c3)nc3ccnn23)CC1. The van der Waals surface area contributed by atoms with Crippen molar-refractivity contribution in [3.05, 3.63) is 76.5 Å². The van der Waals surface area contributed by atoms with Gasteiger partial charge in [0.1, 0.15) is 17.2 Å². The Morgan fingerprint density at radius 3 is 2.50 bits per heavy atom. The molecule has 0 saturated carbocycles. The Morgan fingerprint density at radius 1 is 1.11 bits per heavy atom. The second kappa shape index (κ2) is 10.2. The van der Waals surface area contributed by atoms with Crippen molar-refractivity contribution >= 4 is 23.4 Å². The molecule has 1 aromatic carbocycles. The van der Waals surface area contributed by atoms with Crippen molar-refractivity contribution in [3.63, 3.8) is 0 Å². The van der Waals surface area contributed by atoms with Crippen LogP contribution in [0.3, 0.4) is 0 Å². The van der Waals surface area contributed by atoms with E-state index in [1.54, 1.807) is 13.0 Å². The zero-order chi connectivity index (χ0) is 27.7. The molecule has 1 atom stereocenters. The number of nitrogens with zero attached hydrogens (tertiary/aromatic N) is 3. The fourth-order valence-electron chi connectivity index (χ4n) is 4.01. The van der Waals surface area contributed by atoms with Gasteiger partial charge in [0.2, 0.25) is 0 Å². The Bertz CT molecular complexity index is 1450. The van der Waals surface area contributed by atoms with Gasteiger partial charge in [-0.2, -0.15) is 18.3 Å². The highest BCUT2D eigenvalue weighted by Gasteiger charge is 2.35. The average molecular weight is 533 g/mol. The number of aromatic nitrogens is 3. The highest BCUT2D eigenvalue weighted by atomic mass is 19.4. The molecule has 3 N–H and O–H groups in total. The molecule has 38 heavy (non-hydrogen) atoms. The van der Waals surface area contributed by atoms with Crippen LogP contribution in [0.1, 0.15) is 58.3 Å². The number of allylic oxidation sites excluding steroid dienone is 1. The third-order valence-electron chi connectivity index (χ3n) is 6.45. The number of benzene rings is 1. The number of halogens is 4. The number of carboxylic acids is 1. The van der Waals surface area contributed by atoms with Gasteiger partial charge in [-0.15, -0.1) is 0 Å². The van der Waals surface area contributed by atoms with Gasteiger partial charge in [-0.25, -0.2) is 13.9 Å². The maximum Gasteiger partial charge on any atom is 0.419 e. The smallest absolute Gasteiger partial charge is 0.419 e. The van der Waals surface area contributed by atoms with Crippen LogP contribution in [0.25, 0.3) is 5.65 Å². The molecule has 2 amide bonds. The molecule has 9 nitrogen and oxygen atoms in total.